The van der Waals surface area contributed by atoms with Crippen molar-refractivity contribution in [1.29, 1.82) is 0 Å². The normalized spacial score (nSPS) is 11.0. The van der Waals surface area contributed by atoms with Crippen LogP contribution in [0.1, 0.15) is 15.9 Å². The molecule has 5 nitrogen and oxygen atoms in total. The molecule has 0 atom stereocenters. The lowest BCUT2D eigenvalue weighted by Crippen LogP contribution is -2.29. The monoisotopic (exact) mass is 472 g/mol. The number of ketones is 1. The van der Waals surface area contributed by atoms with Crippen LogP contribution < -0.4 is 30.1 Å². The summed E-state index contributed by atoms with van der Waals surface area (Å²) < 4.78 is 31.3. The van der Waals surface area contributed by atoms with Gasteiger partial charge in [-0.15, -0.1) is 0 Å². The smallest absolute Gasteiger partial charge is 0.201 e. The summed E-state index contributed by atoms with van der Waals surface area (Å²) >= 11 is 0. The Morgan fingerprint density at radius 3 is 1.59 bits per heavy atom. The average Bonchev–Trinajstić information content (AvgIpc) is 2.92. The van der Waals surface area contributed by atoms with E-state index in [0.29, 0.717) is 38.7 Å². The van der Waals surface area contributed by atoms with E-state index in [9.17, 15) is 9.36 Å². The highest BCUT2D eigenvalue weighted by Gasteiger charge is 2.34. The number of benzene rings is 4. The summed E-state index contributed by atoms with van der Waals surface area (Å²) in [5, 5.41) is 1.75. The summed E-state index contributed by atoms with van der Waals surface area (Å²) in [6.07, 6.45) is 0. The van der Waals surface area contributed by atoms with Gasteiger partial charge in [0, 0.05) is 33.6 Å². The third kappa shape index (κ3) is 4.11. The fourth-order valence-electron chi connectivity index (χ4n) is 4.01. The van der Waals surface area contributed by atoms with Crippen LogP contribution in [0.2, 0.25) is 0 Å². The molecule has 0 saturated heterocycles. The van der Waals surface area contributed by atoms with E-state index >= 15 is 0 Å². The van der Waals surface area contributed by atoms with Crippen LogP contribution in [0.3, 0.4) is 0 Å². The highest BCUT2D eigenvalue weighted by molar-refractivity contribution is 7.85. The molecule has 0 bridgehead atoms. The zero-order valence-corrected chi connectivity index (χ0v) is 20.1. The van der Waals surface area contributed by atoms with E-state index < -0.39 is 7.14 Å². The molecule has 0 aromatic heterocycles. The molecule has 4 aromatic carbocycles. The molecule has 4 aromatic rings. The molecule has 0 spiro atoms. The minimum Gasteiger partial charge on any atom is -0.496 e. The van der Waals surface area contributed by atoms with Crippen LogP contribution in [0.5, 0.6) is 17.2 Å². The van der Waals surface area contributed by atoms with Gasteiger partial charge in [0.25, 0.3) is 0 Å². The quantitative estimate of drug-likeness (QED) is 0.278. The highest BCUT2D eigenvalue weighted by atomic mass is 31.2. The topological polar surface area (TPSA) is 61.8 Å². The van der Waals surface area contributed by atoms with Crippen LogP contribution in [0.4, 0.5) is 0 Å². The van der Waals surface area contributed by atoms with Gasteiger partial charge in [-0.25, -0.2) is 0 Å². The number of carbonyl (C=O) groups is 1. The zero-order valence-electron chi connectivity index (χ0n) is 19.2. The molecule has 0 saturated carbocycles. The van der Waals surface area contributed by atoms with Gasteiger partial charge in [-0.3, -0.25) is 4.79 Å². The Kier molecular flexibility index (Phi) is 6.85. The predicted octanol–water partition coefficient (Wildman–Crippen LogP) is 4.58. The first-order valence-corrected chi connectivity index (χ1v) is 12.4. The molecule has 34 heavy (non-hydrogen) atoms. The Labute approximate surface area is 199 Å². The molecular weight excluding hydrogens is 447 g/mol. The fourth-order valence-corrected chi connectivity index (χ4v) is 6.86. The summed E-state index contributed by atoms with van der Waals surface area (Å²) in [5.74, 6) is 0.771. The van der Waals surface area contributed by atoms with Crippen LogP contribution in [-0.2, 0) is 4.57 Å². The van der Waals surface area contributed by atoms with Crippen molar-refractivity contribution in [1.82, 2.24) is 0 Å². The first-order chi connectivity index (χ1) is 16.5. The van der Waals surface area contributed by atoms with Crippen LogP contribution in [0.25, 0.3) is 0 Å². The maximum atomic E-state index is 14.9. The van der Waals surface area contributed by atoms with Crippen LogP contribution >= 0.6 is 7.14 Å². The number of rotatable bonds is 8. The Bertz CT molecular complexity index is 1280. The van der Waals surface area contributed by atoms with Gasteiger partial charge in [0.15, 0.2) is 7.14 Å². The van der Waals surface area contributed by atoms with Gasteiger partial charge < -0.3 is 18.8 Å². The van der Waals surface area contributed by atoms with Gasteiger partial charge in [0.2, 0.25) is 5.78 Å². The summed E-state index contributed by atoms with van der Waals surface area (Å²) in [6, 6.07) is 28.8. The van der Waals surface area contributed by atoms with Gasteiger partial charge in [0.05, 0.1) is 21.3 Å². The second-order valence-electron chi connectivity index (χ2n) is 7.53. The molecule has 0 N–H and O–H groups in total. The van der Waals surface area contributed by atoms with Crippen molar-refractivity contribution in [2.45, 2.75) is 0 Å². The number of carbonyl (C=O) groups excluding carboxylic acids is 1. The molecule has 0 heterocycles. The summed E-state index contributed by atoms with van der Waals surface area (Å²) in [7, 11) is 1.11. The zero-order chi connectivity index (χ0) is 24.1. The SMILES string of the molecule is COc1cc(OC)c(C(=O)c2ccccc2P(=O)(c2ccccc2)c2ccccc2)c(OC)c1. The summed E-state index contributed by atoms with van der Waals surface area (Å²) in [6.45, 7) is 0. The van der Waals surface area contributed by atoms with Gasteiger partial charge in [-0.2, -0.15) is 0 Å². The van der Waals surface area contributed by atoms with Crippen molar-refractivity contribution in [2.75, 3.05) is 21.3 Å². The Morgan fingerprint density at radius 1 is 0.647 bits per heavy atom. The van der Waals surface area contributed by atoms with Crippen molar-refractivity contribution in [2.24, 2.45) is 0 Å². The minimum atomic E-state index is -3.38. The van der Waals surface area contributed by atoms with Crippen LogP contribution in [0.15, 0.2) is 97.1 Å². The molecule has 0 amide bonds. The van der Waals surface area contributed by atoms with E-state index in [1.165, 1.54) is 21.3 Å². The molecule has 0 radical (unpaired) electrons. The maximum absolute atomic E-state index is 14.9. The molecule has 0 fully saturated rings. The van der Waals surface area contributed by atoms with Gasteiger partial charge in [-0.05, 0) is 0 Å². The molecule has 172 valence electrons. The molecule has 0 unspecified atom stereocenters. The van der Waals surface area contributed by atoms with Crippen LogP contribution in [0, 0.1) is 0 Å². The number of ether oxygens (including phenoxy) is 3. The average molecular weight is 472 g/mol. The van der Waals surface area contributed by atoms with Crippen LogP contribution in [-0.4, -0.2) is 27.1 Å². The standard InChI is InChI=1S/C28H25O5P/c1-31-20-18-24(32-2)27(25(19-20)33-3)28(29)23-16-10-11-17-26(23)34(30,21-12-6-4-7-13-21)22-14-8-5-9-15-22/h4-19H,1-3H3. The Balaban J connectivity index is 1.99. The van der Waals surface area contributed by atoms with Crippen molar-refractivity contribution < 1.29 is 23.6 Å². The van der Waals surface area contributed by atoms with E-state index in [4.69, 9.17) is 14.2 Å². The summed E-state index contributed by atoms with van der Waals surface area (Å²) in [4.78, 5) is 14.0. The molecular formula is C28H25O5P. The summed E-state index contributed by atoms with van der Waals surface area (Å²) in [5.41, 5.74) is 0.561. The van der Waals surface area contributed by atoms with E-state index in [1.807, 2.05) is 60.7 Å². The number of hydrogen-bond donors (Lipinski definition) is 0. The van der Waals surface area contributed by atoms with Gasteiger partial charge in [0.1, 0.15) is 22.8 Å². The Hall–Kier alpha value is -3.82. The lowest BCUT2D eigenvalue weighted by atomic mass is 10.0. The molecule has 0 aliphatic heterocycles. The maximum Gasteiger partial charge on any atom is 0.201 e. The van der Waals surface area contributed by atoms with E-state index in [1.54, 1.807) is 36.4 Å². The van der Waals surface area contributed by atoms with Crippen molar-refractivity contribution in [3.8, 4) is 17.2 Å². The van der Waals surface area contributed by atoms with Gasteiger partial charge >= 0.3 is 0 Å². The van der Waals surface area contributed by atoms with Gasteiger partial charge in [-0.1, -0.05) is 84.9 Å². The molecule has 0 aliphatic carbocycles. The molecule has 0 aliphatic rings. The molecule has 6 heteroatoms. The van der Waals surface area contributed by atoms with E-state index in [2.05, 4.69) is 0 Å². The largest absolute Gasteiger partial charge is 0.496 e. The third-order valence-electron chi connectivity index (χ3n) is 5.67. The third-order valence-corrected chi connectivity index (χ3v) is 8.79. The number of methoxy groups -OCH3 is 3. The minimum absolute atomic E-state index is 0.242. The first-order valence-electron chi connectivity index (χ1n) is 10.7. The second kappa shape index (κ2) is 9.98. The van der Waals surface area contributed by atoms with E-state index in [0.717, 1.165) is 0 Å². The second-order valence-corrected chi connectivity index (χ2v) is 10.3. The lowest BCUT2D eigenvalue weighted by molar-refractivity contribution is 0.103. The lowest BCUT2D eigenvalue weighted by Gasteiger charge is -2.23. The first kappa shape index (κ1) is 23.3. The molecule has 4 rings (SSSR count). The van der Waals surface area contributed by atoms with E-state index in [-0.39, 0.29) is 11.3 Å². The van der Waals surface area contributed by atoms with Crippen molar-refractivity contribution in [3.63, 3.8) is 0 Å². The predicted molar refractivity (Wildman–Crippen MR) is 135 cm³/mol. The fraction of sp³-hybridized carbons (Fsp3) is 0.107. The number of hydrogen-bond acceptors (Lipinski definition) is 5. The van der Waals surface area contributed by atoms with Crippen molar-refractivity contribution >= 4 is 28.8 Å². The highest BCUT2D eigenvalue weighted by Crippen LogP contribution is 2.44. The Morgan fingerprint density at radius 2 is 1.12 bits per heavy atom. The van der Waals surface area contributed by atoms with Crippen molar-refractivity contribution in [3.05, 3.63) is 108 Å².